The zero-order valence-electron chi connectivity index (χ0n) is 7.80. The van der Waals surface area contributed by atoms with Crippen LogP contribution in [-0.4, -0.2) is 0 Å². The molecule has 72 valence electrons. The smallest absolute Gasteiger partial charge is 0.0378 e. The molecule has 1 unspecified atom stereocenters. The van der Waals surface area contributed by atoms with E-state index in [0.717, 1.165) is 0 Å². The first-order valence-corrected chi connectivity index (χ1v) is 6.22. The fourth-order valence-corrected chi connectivity index (χ4v) is 3.08. The van der Waals surface area contributed by atoms with Crippen LogP contribution in [0.15, 0.2) is 40.9 Å². The molecule has 14 heavy (non-hydrogen) atoms. The zero-order valence-corrected chi connectivity index (χ0v) is 11.0. The fourth-order valence-electron chi connectivity index (χ4n) is 1.56. The van der Waals surface area contributed by atoms with Crippen molar-refractivity contribution in [1.82, 2.24) is 0 Å². The van der Waals surface area contributed by atoms with Crippen LogP contribution in [0, 0.1) is 0 Å². The Morgan fingerprint density at radius 1 is 1.07 bits per heavy atom. The van der Waals surface area contributed by atoms with Crippen LogP contribution in [0.4, 0.5) is 0 Å². The lowest BCUT2D eigenvalue weighted by atomic mass is 10.1. The molecule has 2 aromatic rings. The molecule has 0 fully saturated rings. The van der Waals surface area contributed by atoms with E-state index in [1.807, 2.05) is 0 Å². The van der Waals surface area contributed by atoms with E-state index < -0.39 is 0 Å². The van der Waals surface area contributed by atoms with Gasteiger partial charge >= 0.3 is 0 Å². The molecule has 0 amide bonds. The predicted octanol–water partition coefficient (Wildman–Crippen LogP) is 5.06. The van der Waals surface area contributed by atoms with Crippen molar-refractivity contribution < 1.29 is 0 Å². The second-order valence-electron chi connectivity index (χ2n) is 3.31. The van der Waals surface area contributed by atoms with E-state index in [1.165, 1.54) is 20.8 Å². The van der Waals surface area contributed by atoms with Crippen molar-refractivity contribution in [3.63, 3.8) is 0 Å². The maximum atomic E-state index is 3.65. The molecule has 0 N–H and O–H groups in total. The second-order valence-corrected chi connectivity index (χ2v) is 5.47. The Kier molecular flexibility index (Phi) is 2.93. The Labute approximate surface area is 101 Å². The highest BCUT2D eigenvalue weighted by atomic mass is 79.9. The zero-order chi connectivity index (χ0) is 10.1. The standard InChI is InChI=1S/C12H10Br2/c1-8(13)10-7-6-9-4-2-3-5-11(9)12(10)14/h2-8H,1H3. The summed E-state index contributed by atoms with van der Waals surface area (Å²) >= 11 is 7.24. The highest BCUT2D eigenvalue weighted by molar-refractivity contribution is 9.11. The molecule has 0 aliphatic heterocycles. The Bertz CT molecular complexity index is 461. The van der Waals surface area contributed by atoms with Gasteiger partial charge in [0.15, 0.2) is 0 Å². The van der Waals surface area contributed by atoms with Crippen LogP contribution in [0.2, 0.25) is 0 Å². The van der Waals surface area contributed by atoms with Gasteiger partial charge in [-0.2, -0.15) is 0 Å². The average molecular weight is 314 g/mol. The van der Waals surface area contributed by atoms with E-state index in [1.54, 1.807) is 0 Å². The maximum absolute atomic E-state index is 3.65. The van der Waals surface area contributed by atoms with Gasteiger partial charge in [-0.1, -0.05) is 52.3 Å². The van der Waals surface area contributed by atoms with Crippen molar-refractivity contribution >= 4 is 42.6 Å². The van der Waals surface area contributed by atoms with Crippen LogP contribution in [0.3, 0.4) is 0 Å². The van der Waals surface area contributed by atoms with Crippen molar-refractivity contribution in [2.45, 2.75) is 11.8 Å². The van der Waals surface area contributed by atoms with Crippen LogP contribution in [0.25, 0.3) is 10.8 Å². The Hall–Kier alpha value is -0.340. The highest BCUT2D eigenvalue weighted by Gasteiger charge is 2.08. The predicted molar refractivity (Wildman–Crippen MR) is 69.0 cm³/mol. The number of hydrogen-bond acceptors (Lipinski definition) is 0. The van der Waals surface area contributed by atoms with Crippen LogP contribution in [-0.2, 0) is 0 Å². The minimum atomic E-state index is 0.376. The molecule has 0 aliphatic carbocycles. The third-order valence-corrected chi connectivity index (χ3v) is 3.70. The average Bonchev–Trinajstić information content (AvgIpc) is 2.18. The van der Waals surface area contributed by atoms with Crippen molar-refractivity contribution in [2.75, 3.05) is 0 Å². The first kappa shape index (κ1) is 10.2. The summed E-state index contributed by atoms with van der Waals surface area (Å²) < 4.78 is 1.19. The van der Waals surface area contributed by atoms with E-state index >= 15 is 0 Å². The van der Waals surface area contributed by atoms with Crippen LogP contribution >= 0.6 is 31.9 Å². The largest absolute Gasteiger partial charge is 0.0841 e. The van der Waals surface area contributed by atoms with Gasteiger partial charge in [-0.05, 0) is 39.2 Å². The Balaban J connectivity index is 2.75. The highest BCUT2D eigenvalue weighted by Crippen LogP contribution is 2.34. The minimum Gasteiger partial charge on any atom is -0.0841 e. The molecule has 0 heterocycles. The Morgan fingerprint density at radius 2 is 1.79 bits per heavy atom. The normalized spacial score (nSPS) is 13.1. The topological polar surface area (TPSA) is 0 Å². The molecule has 2 rings (SSSR count). The second kappa shape index (κ2) is 4.03. The lowest BCUT2D eigenvalue weighted by Crippen LogP contribution is -1.86. The maximum Gasteiger partial charge on any atom is 0.0378 e. The third-order valence-electron chi connectivity index (χ3n) is 2.32. The summed E-state index contributed by atoms with van der Waals surface area (Å²) in [6.45, 7) is 2.13. The molecule has 0 aliphatic rings. The van der Waals surface area contributed by atoms with E-state index in [4.69, 9.17) is 0 Å². The van der Waals surface area contributed by atoms with Crippen LogP contribution in [0.1, 0.15) is 17.3 Å². The van der Waals surface area contributed by atoms with Gasteiger partial charge in [0.2, 0.25) is 0 Å². The number of benzene rings is 2. The summed E-state index contributed by atoms with van der Waals surface area (Å²) in [5.74, 6) is 0. The van der Waals surface area contributed by atoms with Crippen molar-refractivity contribution in [3.05, 3.63) is 46.4 Å². The molecule has 2 aromatic carbocycles. The molecular formula is C12H10Br2. The number of hydrogen-bond donors (Lipinski definition) is 0. The van der Waals surface area contributed by atoms with Crippen LogP contribution in [0.5, 0.6) is 0 Å². The molecule has 0 bridgehead atoms. The molecule has 0 nitrogen and oxygen atoms in total. The van der Waals surface area contributed by atoms with E-state index in [9.17, 15) is 0 Å². The molecule has 0 spiro atoms. The SMILES string of the molecule is CC(Br)c1ccc2ccccc2c1Br. The van der Waals surface area contributed by atoms with Gasteiger partial charge in [0.1, 0.15) is 0 Å². The third kappa shape index (κ3) is 1.73. The summed E-state index contributed by atoms with van der Waals surface area (Å²) in [5, 5.41) is 2.55. The summed E-state index contributed by atoms with van der Waals surface area (Å²) in [4.78, 5) is 0.376. The summed E-state index contributed by atoms with van der Waals surface area (Å²) in [7, 11) is 0. The summed E-state index contributed by atoms with van der Waals surface area (Å²) in [6.07, 6.45) is 0. The van der Waals surface area contributed by atoms with Crippen molar-refractivity contribution in [2.24, 2.45) is 0 Å². The van der Waals surface area contributed by atoms with E-state index in [0.29, 0.717) is 4.83 Å². The molecule has 0 radical (unpaired) electrons. The summed E-state index contributed by atoms with van der Waals surface area (Å²) in [5.41, 5.74) is 1.30. The molecule has 2 heteroatoms. The number of halogens is 2. The molecule has 1 atom stereocenters. The fraction of sp³-hybridized carbons (Fsp3) is 0.167. The molecular weight excluding hydrogens is 304 g/mol. The van der Waals surface area contributed by atoms with Gasteiger partial charge in [-0.3, -0.25) is 0 Å². The van der Waals surface area contributed by atoms with Gasteiger partial charge in [0.05, 0.1) is 0 Å². The monoisotopic (exact) mass is 312 g/mol. The van der Waals surface area contributed by atoms with E-state index in [-0.39, 0.29) is 0 Å². The molecule has 0 saturated carbocycles. The van der Waals surface area contributed by atoms with Crippen molar-refractivity contribution in [1.29, 1.82) is 0 Å². The van der Waals surface area contributed by atoms with Gasteiger partial charge in [0.25, 0.3) is 0 Å². The van der Waals surface area contributed by atoms with E-state index in [2.05, 4.69) is 75.2 Å². The first-order chi connectivity index (χ1) is 6.70. The van der Waals surface area contributed by atoms with Gasteiger partial charge in [-0.25, -0.2) is 0 Å². The summed E-state index contributed by atoms with van der Waals surface area (Å²) in [6, 6.07) is 12.7. The number of rotatable bonds is 1. The lowest BCUT2D eigenvalue weighted by Gasteiger charge is -2.09. The Morgan fingerprint density at radius 3 is 2.50 bits per heavy atom. The van der Waals surface area contributed by atoms with Gasteiger partial charge in [-0.15, -0.1) is 0 Å². The van der Waals surface area contributed by atoms with Gasteiger partial charge < -0.3 is 0 Å². The first-order valence-electron chi connectivity index (χ1n) is 4.51. The number of fused-ring (bicyclic) bond motifs is 1. The molecule has 0 saturated heterocycles. The minimum absolute atomic E-state index is 0.376. The van der Waals surface area contributed by atoms with Crippen molar-refractivity contribution in [3.8, 4) is 0 Å². The molecule has 0 aromatic heterocycles. The number of alkyl halides is 1. The lowest BCUT2D eigenvalue weighted by molar-refractivity contribution is 1.12. The quantitative estimate of drug-likeness (QED) is 0.646. The van der Waals surface area contributed by atoms with Gasteiger partial charge in [0, 0.05) is 9.30 Å². The van der Waals surface area contributed by atoms with Crippen LogP contribution < -0.4 is 0 Å².